The van der Waals surface area contributed by atoms with E-state index in [1.807, 2.05) is 24.3 Å². The summed E-state index contributed by atoms with van der Waals surface area (Å²) in [5.41, 5.74) is 2.52. The number of carbonyl (C=O) groups is 1. The molecular formula is C13H14N2O. The number of amides is 1. The molecule has 1 heterocycles. The third-order valence-electron chi connectivity index (χ3n) is 3.01. The van der Waals surface area contributed by atoms with Crippen LogP contribution >= 0.6 is 0 Å². The van der Waals surface area contributed by atoms with Crippen LogP contribution in [0.5, 0.6) is 0 Å². The molecular weight excluding hydrogens is 200 g/mol. The second-order valence-corrected chi connectivity index (χ2v) is 4.13. The Morgan fingerprint density at radius 2 is 2.12 bits per heavy atom. The van der Waals surface area contributed by atoms with Crippen molar-refractivity contribution in [1.29, 1.82) is 5.26 Å². The highest BCUT2D eigenvalue weighted by Gasteiger charge is 2.23. The Balaban J connectivity index is 2.14. The van der Waals surface area contributed by atoms with E-state index < -0.39 is 5.92 Å². The first-order chi connectivity index (χ1) is 7.72. The highest BCUT2D eigenvalue weighted by molar-refractivity contribution is 5.81. The maximum atomic E-state index is 11.8. The molecule has 2 rings (SSSR count). The van der Waals surface area contributed by atoms with E-state index in [0.717, 1.165) is 13.0 Å². The zero-order valence-corrected chi connectivity index (χ0v) is 9.31. The summed E-state index contributed by atoms with van der Waals surface area (Å²) < 4.78 is 0. The lowest BCUT2D eigenvalue weighted by atomic mass is 9.99. The molecule has 1 aliphatic rings. The molecule has 0 N–H and O–H groups in total. The van der Waals surface area contributed by atoms with Crippen LogP contribution in [0.1, 0.15) is 18.1 Å². The summed E-state index contributed by atoms with van der Waals surface area (Å²) in [4.78, 5) is 13.6. The predicted molar refractivity (Wildman–Crippen MR) is 60.3 cm³/mol. The largest absolute Gasteiger partial charge is 0.337 e. The fraction of sp³-hybridized carbons (Fsp3) is 0.385. The lowest BCUT2D eigenvalue weighted by Gasteiger charge is -2.29. The molecule has 1 amide bonds. The third-order valence-corrected chi connectivity index (χ3v) is 3.01. The zero-order chi connectivity index (χ0) is 11.5. The SMILES string of the molecule is CC(C#N)C(=O)N1CCc2ccccc2C1. The van der Waals surface area contributed by atoms with Gasteiger partial charge in [-0.1, -0.05) is 24.3 Å². The molecule has 0 radical (unpaired) electrons. The van der Waals surface area contributed by atoms with Crippen molar-refractivity contribution in [3.8, 4) is 6.07 Å². The summed E-state index contributed by atoms with van der Waals surface area (Å²) in [6.45, 7) is 3.02. The number of fused-ring (bicyclic) bond motifs is 1. The average molecular weight is 214 g/mol. The van der Waals surface area contributed by atoms with Gasteiger partial charge in [0.25, 0.3) is 0 Å². The topological polar surface area (TPSA) is 44.1 Å². The summed E-state index contributed by atoms with van der Waals surface area (Å²) in [7, 11) is 0. The smallest absolute Gasteiger partial charge is 0.239 e. The van der Waals surface area contributed by atoms with Crippen LogP contribution in [0.25, 0.3) is 0 Å². The lowest BCUT2D eigenvalue weighted by Crippen LogP contribution is -2.38. The molecule has 1 atom stereocenters. The van der Waals surface area contributed by atoms with Gasteiger partial charge in [-0.3, -0.25) is 4.79 Å². The molecule has 0 fully saturated rings. The highest BCUT2D eigenvalue weighted by Crippen LogP contribution is 2.19. The number of carbonyl (C=O) groups excluding carboxylic acids is 1. The normalized spacial score (nSPS) is 16.1. The van der Waals surface area contributed by atoms with Crippen LogP contribution in [0.3, 0.4) is 0 Å². The van der Waals surface area contributed by atoms with Gasteiger partial charge in [-0.25, -0.2) is 0 Å². The van der Waals surface area contributed by atoms with Crippen molar-refractivity contribution in [3.63, 3.8) is 0 Å². The molecule has 1 aliphatic heterocycles. The van der Waals surface area contributed by atoms with Crippen molar-refractivity contribution >= 4 is 5.91 Å². The molecule has 0 aliphatic carbocycles. The fourth-order valence-electron chi connectivity index (χ4n) is 2.01. The van der Waals surface area contributed by atoms with Gasteiger partial charge in [-0.15, -0.1) is 0 Å². The van der Waals surface area contributed by atoms with Gasteiger partial charge in [0, 0.05) is 13.1 Å². The minimum absolute atomic E-state index is 0.0583. The Hall–Kier alpha value is -1.82. The number of nitrogens with zero attached hydrogens (tertiary/aromatic N) is 2. The molecule has 0 bridgehead atoms. The van der Waals surface area contributed by atoms with Gasteiger partial charge in [0.2, 0.25) is 5.91 Å². The summed E-state index contributed by atoms with van der Waals surface area (Å²) >= 11 is 0. The van der Waals surface area contributed by atoms with Gasteiger partial charge in [0.1, 0.15) is 5.92 Å². The predicted octanol–water partition coefficient (Wildman–Crippen LogP) is 1.73. The lowest BCUT2D eigenvalue weighted by molar-refractivity contribution is -0.134. The minimum atomic E-state index is -0.537. The van der Waals surface area contributed by atoms with Crippen LogP contribution in [-0.2, 0) is 17.8 Å². The van der Waals surface area contributed by atoms with Crippen molar-refractivity contribution in [2.75, 3.05) is 6.54 Å². The fourth-order valence-corrected chi connectivity index (χ4v) is 2.01. The second kappa shape index (κ2) is 4.36. The van der Waals surface area contributed by atoms with Crippen molar-refractivity contribution in [3.05, 3.63) is 35.4 Å². The van der Waals surface area contributed by atoms with E-state index in [9.17, 15) is 4.79 Å². The summed E-state index contributed by atoms with van der Waals surface area (Å²) in [6, 6.07) is 10.2. The number of hydrogen-bond acceptors (Lipinski definition) is 2. The minimum Gasteiger partial charge on any atom is -0.337 e. The number of nitriles is 1. The van der Waals surface area contributed by atoms with Gasteiger partial charge in [0.05, 0.1) is 6.07 Å². The Kier molecular flexibility index (Phi) is 2.91. The molecule has 0 saturated heterocycles. The maximum Gasteiger partial charge on any atom is 0.239 e. The molecule has 16 heavy (non-hydrogen) atoms. The van der Waals surface area contributed by atoms with Crippen LogP contribution < -0.4 is 0 Å². The molecule has 3 nitrogen and oxygen atoms in total. The Morgan fingerprint density at radius 3 is 2.81 bits per heavy atom. The Labute approximate surface area is 95.3 Å². The first-order valence-electron chi connectivity index (χ1n) is 5.47. The van der Waals surface area contributed by atoms with Gasteiger partial charge in [0.15, 0.2) is 0 Å². The first-order valence-corrected chi connectivity index (χ1v) is 5.47. The summed E-state index contributed by atoms with van der Waals surface area (Å²) in [5, 5.41) is 8.73. The Morgan fingerprint density at radius 1 is 1.44 bits per heavy atom. The second-order valence-electron chi connectivity index (χ2n) is 4.13. The van der Waals surface area contributed by atoms with E-state index in [2.05, 4.69) is 6.07 Å². The molecule has 0 spiro atoms. The van der Waals surface area contributed by atoms with Crippen LogP contribution in [0, 0.1) is 17.2 Å². The zero-order valence-electron chi connectivity index (χ0n) is 9.31. The molecule has 82 valence electrons. The van der Waals surface area contributed by atoms with E-state index in [1.165, 1.54) is 11.1 Å². The number of rotatable bonds is 1. The van der Waals surface area contributed by atoms with Crippen LogP contribution in [0.4, 0.5) is 0 Å². The van der Waals surface area contributed by atoms with Gasteiger partial charge in [-0.05, 0) is 24.5 Å². The van der Waals surface area contributed by atoms with E-state index in [-0.39, 0.29) is 5.91 Å². The number of benzene rings is 1. The first kappa shape index (κ1) is 10.7. The van der Waals surface area contributed by atoms with E-state index in [4.69, 9.17) is 5.26 Å². The highest BCUT2D eigenvalue weighted by atomic mass is 16.2. The van der Waals surface area contributed by atoms with Gasteiger partial charge < -0.3 is 4.90 Å². The summed E-state index contributed by atoms with van der Waals surface area (Å²) in [5.74, 6) is -0.595. The molecule has 1 unspecified atom stereocenters. The standard InChI is InChI=1S/C13H14N2O/c1-10(8-14)13(16)15-7-6-11-4-2-3-5-12(11)9-15/h2-5,10H,6-7,9H2,1H3. The molecule has 3 heteroatoms. The van der Waals surface area contributed by atoms with Gasteiger partial charge in [-0.2, -0.15) is 5.26 Å². The van der Waals surface area contributed by atoms with Crippen LogP contribution in [0.2, 0.25) is 0 Å². The monoisotopic (exact) mass is 214 g/mol. The third kappa shape index (κ3) is 1.92. The summed E-state index contributed by atoms with van der Waals surface area (Å²) in [6.07, 6.45) is 0.889. The van der Waals surface area contributed by atoms with Crippen molar-refractivity contribution in [2.24, 2.45) is 5.92 Å². The van der Waals surface area contributed by atoms with Crippen LogP contribution in [-0.4, -0.2) is 17.4 Å². The maximum absolute atomic E-state index is 11.8. The number of hydrogen-bond donors (Lipinski definition) is 0. The quantitative estimate of drug-likeness (QED) is 0.714. The van der Waals surface area contributed by atoms with E-state index >= 15 is 0 Å². The van der Waals surface area contributed by atoms with Gasteiger partial charge >= 0.3 is 0 Å². The van der Waals surface area contributed by atoms with Crippen molar-refractivity contribution in [1.82, 2.24) is 4.90 Å². The molecule has 0 aromatic heterocycles. The van der Waals surface area contributed by atoms with Crippen LogP contribution in [0.15, 0.2) is 24.3 Å². The van der Waals surface area contributed by atoms with Crippen molar-refractivity contribution in [2.45, 2.75) is 19.9 Å². The Bertz CT molecular complexity index is 447. The van der Waals surface area contributed by atoms with E-state index in [1.54, 1.807) is 11.8 Å². The van der Waals surface area contributed by atoms with E-state index in [0.29, 0.717) is 6.54 Å². The molecule has 1 aromatic rings. The van der Waals surface area contributed by atoms with Crippen molar-refractivity contribution < 1.29 is 4.79 Å². The molecule has 0 saturated carbocycles. The molecule has 1 aromatic carbocycles. The average Bonchev–Trinajstić information content (AvgIpc) is 2.36.